The van der Waals surface area contributed by atoms with E-state index in [-0.39, 0.29) is 11.6 Å². The van der Waals surface area contributed by atoms with Crippen LogP contribution < -0.4 is 14.8 Å². The van der Waals surface area contributed by atoms with E-state index >= 15 is 0 Å². The van der Waals surface area contributed by atoms with Crippen LogP contribution >= 0.6 is 0 Å². The van der Waals surface area contributed by atoms with Crippen molar-refractivity contribution in [3.05, 3.63) is 47.8 Å². The van der Waals surface area contributed by atoms with E-state index in [1.807, 2.05) is 4.90 Å². The summed E-state index contributed by atoms with van der Waals surface area (Å²) in [6.07, 6.45) is 4.30. The Labute approximate surface area is 164 Å². The molecule has 7 nitrogen and oxygen atoms in total. The van der Waals surface area contributed by atoms with E-state index in [0.717, 1.165) is 38.8 Å². The van der Waals surface area contributed by atoms with E-state index in [0.29, 0.717) is 22.9 Å². The van der Waals surface area contributed by atoms with Gasteiger partial charge in [0.25, 0.3) is 11.8 Å². The van der Waals surface area contributed by atoms with Gasteiger partial charge in [0.05, 0.1) is 14.2 Å². The Balaban J connectivity index is 1.74. The Morgan fingerprint density at radius 3 is 2.29 bits per heavy atom. The largest absolute Gasteiger partial charge is 0.493 e. The number of nitrogens with one attached hydrogen (secondary N) is 1. The molecule has 1 aliphatic heterocycles. The summed E-state index contributed by atoms with van der Waals surface area (Å²) in [6.45, 7) is 1.48. The number of carbonyl (C=O) groups is 2. The summed E-state index contributed by atoms with van der Waals surface area (Å²) in [6, 6.07) is 10.0. The molecule has 1 N–H and O–H groups in total. The molecule has 1 aliphatic rings. The van der Waals surface area contributed by atoms with Gasteiger partial charge in [-0.1, -0.05) is 18.9 Å². The molecule has 1 aromatic carbocycles. The lowest BCUT2D eigenvalue weighted by Crippen LogP contribution is -2.32. The minimum atomic E-state index is -0.391. The van der Waals surface area contributed by atoms with E-state index < -0.39 is 5.91 Å². The fourth-order valence-electron chi connectivity index (χ4n) is 3.23. The molecular formula is C21H25N3O4. The number of hydrogen-bond acceptors (Lipinski definition) is 5. The number of likely N-dealkylation sites (tertiary alicyclic amines) is 1. The van der Waals surface area contributed by atoms with E-state index in [4.69, 9.17) is 9.47 Å². The van der Waals surface area contributed by atoms with Crippen LogP contribution in [0.25, 0.3) is 0 Å². The van der Waals surface area contributed by atoms with E-state index in [9.17, 15) is 9.59 Å². The van der Waals surface area contributed by atoms with Crippen LogP contribution in [0, 0.1) is 0 Å². The van der Waals surface area contributed by atoms with E-state index in [1.54, 1.807) is 43.5 Å². The number of rotatable bonds is 5. The Kier molecular flexibility index (Phi) is 6.47. The third-order valence-electron chi connectivity index (χ3n) is 4.74. The van der Waals surface area contributed by atoms with Crippen LogP contribution in [-0.2, 0) is 0 Å². The minimum absolute atomic E-state index is 0.123. The van der Waals surface area contributed by atoms with Crippen molar-refractivity contribution in [2.75, 3.05) is 32.6 Å². The third kappa shape index (κ3) is 4.60. The summed E-state index contributed by atoms with van der Waals surface area (Å²) in [5, 5.41) is 2.78. The zero-order valence-electron chi connectivity index (χ0n) is 16.2. The van der Waals surface area contributed by atoms with Crippen LogP contribution in [0.5, 0.6) is 11.5 Å². The minimum Gasteiger partial charge on any atom is -0.493 e. The van der Waals surface area contributed by atoms with E-state index in [2.05, 4.69) is 10.3 Å². The van der Waals surface area contributed by atoms with Crippen molar-refractivity contribution in [3.8, 4) is 11.5 Å². The number of amides is 2. The van der Waals surface area contributed by atoms with Gasteiger partial charge in [-0.3, -0.25) is 9.59 Å². The summed E-state index contributed by atoms with van der Waals surface area (Å²) >= 11 is 0. The quantitative estimate of drug-likeness (QED) is 0.856. The molecule has 1 aromatic heterocycles. The lowest BCUT2D eigenvalue weighted by molar-refractivity contribution is 0.0755. The highest BCUT2D eigenvalue weighted by atomic mass is 16.5. The van der Waals surface area contributed by atoms with Crippen LogP contribution in [0.4, 0.5) is 5.69 Å². The fraction of sp³-hybridized carbons (Fsp3) is 0.381. The molecule has 0 bridgehead atoms. The van der Waals surface area contributed by atoms with Gasteiger partial charge >= 0.3 is 0 Å². The number of anilines is 1. The molecule has 2 amide bonds. The van der Waals surface area contributed by atoms with Gasteiger partial charge in [-0.2, -0.15) is 0 Å². The van der Waals surface area contributed by atoms with Crippen molar-refractivity contribution < 1.29 is 19.1 Å². The van der Waals surface area contributed by atoms with Gasteiger partial charge in [-0.25, -0.2) is 4.98 Å². The number of benzene rings is 1. The summed E-state index contributed by atoms with van der Waals surface area (Å²) in [7, 11) is 3.08. The normalized spacial score (nSPS) is 14.1. The molecule has 1 fully saturated rings. The Morgan fingerprint density at radius 1 is 0.929 bits per heavy atom. The maximum atomic E-state index is 12.7. The number of pyridine rings is 1. The van der Waals surface area contributed by atoms with Crippen molar-refractivity contribution in [1.29, 1.82) is 0 Å². The molecule has 7 heteroatoms. The van der Waals surface area contributed by atoms with Crippen molar-refractivity contribution in [1.82, 2.24) is 9.88 Å². The third-order valence-corrected chi connectivity index (χ3v) is 4.74. The molecule has 3 rings (SSSR count). The van der Waals surface area contributed by atoms with Gasteiger partial charge < -0.3 is 19.7 Å². The Bertz CT molecular complexity index is 845. The number of hydrogen-bond donors (Lipinski definition) is 1. The van der Waals surface area contributed by atoms with Gasteiger partial charge in [-0.15, -0.1) is 0 Å². The Morgan fingerprint density at radius 2 is 1.61 bits per heavy atom. The zero-order valence-corrected chi connectivity index (χ0v) is 16.2. The standard InChI is InChI=1S/C21H25N3O4/c1-27-18-11-10-15(14-19(18)28-2)22-20(25)16-8-7-9-17(23-16)21(26)24-12-5-3-4-6-13-24/h7-11,14H,3-6,12-13H2,1-2H3,(H,22,25). The molecule has 0 radical (unpaired) electrons. The van der Waals surface area contributed by atoms with Crippen molar-refractivity contribution in [2.24, 2.45) is 0 Å². The lowest BCUT2D eigenvalue weighted by atomic mass is 10.2. The van der Waals surface area contributed by atoms with Crippen molar-refractivity contribution >= 4 is 17.5 Å². The number of methoxy groups -OCH3 is 2. The van der Waals surface area contributed by atoms with Crippen LogP contribution in [0.2, 0.25) is 0 Å². The summed E-state index contributed by atoms with van der Waals surface area (Å²) in [5.74, 6) is 0.572. The average molecular weight is 383 g/mol. The van der Waals surface area contributed by atoms with Gasteiger partial charge in [0.15, 0.2) is 11.5 Å². The van der Waals surface area contributed by atoms with Gasteiger partial charge in [0.2, 0.25) is 0 Å². The maximum absolute atomic E-state index is 12.7. The van der Waals surface area contributed by atoms with Crippen LogP contribution in [-0.4, -0.2) is 49.0 Å². The fourth-order valence-corrected chi connectivity index (χ4v) is 3.23. The smallest absolute Gasteiger partial charge is 0.274 e. The molecule has 2 aromatic rings. The summed E-state index contributed by atoms with van der Waals surface area (Å²) in [4.78, 5) is 31.5. The second kappa shape index (κ2) is 9.21. The van der Waals surface area contributed by atoms with Crippen LogP contribution in [0.1, 0.15) is 46.7 Å². The van der Waals surface area contributed by atoms with Crippen molar-refractivity contribution in [2.45, 2.75) is 25.7 Å². The first-order valence-corrected chi connectivity index (χ1v) is 9.42. The van der Waals surface area contributed by atoms with Crippen molar-refractivity contribution in [3.63, 3.8) is 0 Å². The topological polar surface area (TPSA) is 80.8 Å². The molecule has 0 saturated carbocycles. The molecule has 0 atom stereocenters. The van der Waals surface area contributed by atoms with Crippen LogP contribution in [0.3, 0.4) is 0 Å². The zero-order chi connectivity index (χ0) is 19.9. The molecule has 1 saturated heterocycles. The monoisotopic (exact) mass is 383 g/mol. The first-order valence-electron chi connectivity index (χ1n) is 9.42. The maximum Gasteiger partial charge on any atom is 0.274 e. The number of aromatic nitrogens is 1. The lowest BCUT2D eigenvalue weighted by Gasteiger charge is -2.19. The second-order valence-corrected chi connectivity index (χ2v) is 6.64. The molecular weight excluding hydrogens is 358 g/mol. The highest BCUT2D eigenvalue weighted by Crippen LogP contribution is 2.29. The first-order chi connectivity index (χ1) is 13.6. The first kappa shape index (κ1) is 19.7. The molecule has 148 valence electrons. The predicted molar refractivity (Wildman–Crippen MR) is 106 cm³/mol. The molecule has 0 aliphatic carbocycles. The summed E-state index contributed by atoms with van der Waals surface area (Å²) in [5.41, 5.74) is 1.03. The molecule has 2 heterocycles. The number of ether oxygens (including phenoxy) is 2. The van der Waals surface area contributed by atoms with Gasteiger partial charge in [0.1, 0.15) is 11.4 Å². The van der Waals surface area contributed by atoms with Gasteiger partial charge in [-0.05, 0) is 37.1 Å². The predicted octanol–water partition coefficient (Wildman–Crippen LogP) is 3.37. The molecule has 28 heavy (non-hydrogen) atoms. The summed E-state index contributed by atoms with van der Waals surface area (Å²) < 4.78 is 10.4. The van der Waals surface area contributed by atoms with E-state index in [1.165, 1.54) is 7.11 Å². The average Bonchev–Trinajstić information content (AvgIpc) is 3.02. The molecule has 0 unspecified atom stereocenters. The number of carbonyl (C=O) groups excluding carboxylic acids is 2. The highest BCUT2D eigenvalue weighted by Gasteiger charge is 2.20. The highest BCUT2D eigenvalue weighted by molar-refractivity contribution is 6.04. The van der Waals surface area contributed by atoms with Crippen LogP contribution in [0.15, 0.2) is 36.4 Å². The Hall–Kier alpha value is -3.09. The SMILES string of the molecule is COc1ccc(NC(=O)c2cccc(C(=O)N3CCCCCC3)n2)cc1OC. The molecule has 0 spiro atoms. The second-order valence-electron chi connectivity index (χ2n) is 6.64. The number of nitrogens with zero attached hydrogens (tertiary/aromatic N) is 2. The van der Waals surface area contributed by atoms with Gasteiger partial charge in [0, 0.05) is 24.8 Å².